The summed E-state index contributed by atoms with van der Waals surface area (Å²) in [5.74, 6) is 0. The zero-order chi connectivity index (χ0) is 14.8. The molecule has 1 atom stereocenters. The Morgan fingerprint density at radius 2 is 2.00 bits per heavy atom. The molecule has 0 radical (unpaired) electrons. The molecular formula is C16H29N3S. The first-order valence-corrected chi connectivity index (χ1v) is 8.70. The van der Waals surface area contributed by atoms with Gasteiger partial charge in [0.25, 0.3) is 0 Å². The van der Waals surface area contributed by atoms with Crippen molar-refractivity contribution in [3.8, 4) is 0 Å². The van der Waals surface area contributed by atoms with E-state index >= 15 is 0 Å². The largest absolute Gasteiger partial charge is 0.348 e. The molecule has 114 valence electrons. The van der Waals surface area contributed by atoms with Gasteiger partial charge in [0.2, 0.25) is 0 Å². The van der Waals surface area contributed by atoms with Gasteiger partial charge in [-0.2, -0.15) is 0 Å². The second-order valence-electron chi connectivity index (χ2n) is 6.77. The maximum atomic E-state index is 4.82. The second-order valence-corrected chi connectivity index (χ2v) is 7.78. The molecule has 0 saturated carbocycles. The van der Waals surface area contributed by atoms with Crippen LogP contribution in [0.5, 0.6) is 0 Å². The topological polar surface area (TPSA) is 28.2 Å². The molecule has 1 N–H and O–H groups in total. The highest BCUT2D eigenvalue weighted by Gasteiger charge is 2.27. The summed E-state index contributed by atoms with van der Waals surface area (Å²) in [6, 6.07) is 0.419. The van der Waals surface area contributed by atoms with Gasteiger partial charge in [-0.1, -0.05) is 20.8 Å². The predicted molar refractivity (Wildman–Crippen MR) is 88.8 cm³/mol. The lowest BCUT2D eigenvalue weighted by molar-refractivity contribution is 0.279. The molecule has 4 heteroatoms. The molecule has 1 aliphatic heterocycles. The summed E-state index contributed by atoms with van der Waals surface area (Å²) in [6.07, 6.45) is 3.71. The molecule has 1 aliphatic rings. The maximum Gasteiger partial charge on any atom is 0.185 e. The number of aryl methyl sites for hydroxylation is 1. The van der Waals surface area contributed by atoms with E-state index < -0.39 is 0 Å². The molecule has 0 spiro atoms. The van der Waals surface area contributed by atoms with Crippen molar-refractivity contribution in [3.05, 3.63) is 10.6 Å². The first-order valence-electron chi connectivity index (χ1n) is 7.88. The van der Waals surface area contributed by atoms with Gasteiger partial charge in [-0.05, 0) is 45.1 Å². The summed E-state index contributed by atoms with van der Waals surface area (Å²) in [6.45, 7) is 14.7. The number of anilines is 1. The highest BCUT2D eigenvalue weighted by Crippen LogP contribution is 2.36. The van der Waals surface area contributed by atoms with Gasteiger partial charge in [0.1, 0.15) is 0 Å². The molecule has 0 bridgehead atoms. The Morgan fingerprint density at radius 1 is 1.35 bits per heavy atom. The minimum absolute atomic E-state index is 0.419. The van der Waals surface area contributed by atoms with Crippen molar-refractivity contribution in [1.29, 1.82) is 0 Å². The smallest absolute Gasteiger partial charge is 0.185 e. The van der Waals surface area contributed by atoms with Gasteiger partial charge in [0.15, 0.2) is 5.13 Å². The van der Waals surface area contributed by atoms with E-state index in [0.717, 1.165) is 19.6 Å². The van der Waals surface area contributed by atoms with Gasteiger partial charge in [-0.3, -0.25) is 0 Å². The van der Waals surface area contributed by atoms with Crippen LogP contribution in [0.1, 0.15) is 63.6 Å². The van der Waals surface area contributed by atoms with E-state index in [9.17, 15) is 0 Å². The van der Waals surface area contributed by atoms with Crippen molar-refractivity contribution < 1.29 is 0 Å². The van der Waals surface area contributed by atoms with E-state index in [1.54, 1.807) is 0 Å². The third-order valence-electron chi connectivity index (χ3n) is 4.30. The minimum atomic E-state index is 0.419. The Kier molecular flexibility index (Phi) is 5.08. The molecule has 1 unspecified atom stereocenters. The zero-order valence-corrected chi connectivity index (χ0v) is 14.4. The third kappa shape index (κ3) is 3.73. The molecule has 2 heterocycles. The normalized spacial score (nSPS) is 20.1. The summed E-state index contributed by atoms with van der Waals surface area (Å²) in [5, 5.41) is 4.79. The van der Waals surface area contributed by atoms with E-state index in [2.05, 4.69) is 44.8 Å². The lowest BCUT2D eigenvalue weighted by atomic mass is 9.83. The van der Waals surface area contributed by atoms with Gasteiger partial charge in [-0.15, -0.1) is 11.3 Å². The summed E-state index contributed by atoms with van der Waals surface area (Å²) < 4.78 is 0. The van der Waals surface area contributed by atoms with Crippen molar-refractivity contribution in [2.75, 3.05) is 24.5 Å². The molecule has 1 aromatic heterocycles. The average molecular weight is 295 g/mol. The Labute approximate surface area is 127 Å². The highest BCUT2D eigenvalue weighted by atomic mass is 32.1. The molecule has 0 aromatic carbocycles. The first-order chi connectivity index (χ1) is 9.43. The second kappa shape index (κ2) is 6.44. The number of nitrogens with one attached hydrogen (secondary N) is 1. The third-order valence-corrected chi connectivity index (χ3v) is 5.70. The molecule has 3 nitrogen and oxygen atoms in total. The summed E-state index contributed by atoms with van der Waals surface area (Å²) in [4.78, 5) is 8.69. The highest BCUT2D eigenvalue weighted by molar-refractivity contribution is 7.15. The fourth-order valence-corrected chi connectivity index (χ4v) is 3.83. The molecule has 1 fully saturated rings. The average Bonchev–Trinajstić information content (AvgIpc) is 2.78. The lowest BCUT2D eigenvalue weighted by Crippen LogP contribution is -2.37. The SMILES string of the molecule is CCCNC(C)c1sc(N2CCC(C)(C)CC2)nc1C. The molecule has 0 amide bonds. The Bertz CT molecular complexity index is 429. The molecule has 1 saturated heterocycles. The van der Waals surface area contributed by atoms with E-state index in [-0.39, 0.29) is 0 Å². The zero-order valence-electron chi connectivity index (χ0n) is 13.6. The standard InChI is InChI=1S/C16H29N3S/c1-6-9-17-12(2)14-13(3)18-15(20-14)19-10-7-16(4,5)8-11-19/h12,17H,6-11H2,1-5H3. The van der Waals surface area contributed by atoms with Gasteiger partial charge in [0, 0.05) is 24.0 Å². The van der Waals surface area contributed by atoms with Crippen LogP contribution in [-0.2, 0) is 0 Å². The van der Waals surface area contributed by atoms with Crippen molar-refractivity contribution in [1.82, 2.24) is 10.3 Å². The molecule has 20 heavy (non-hydrogen) atoms. The molecule has 2 rings (SSSR count). The van der Waals surface area contributed by atoms with Gasteiger partial charge in [-0.25, -0.2) is 4.98 Å². The monoisotopic (exact) mass is 295 g/mol. The fourth-order valence-electron chi connectivity index (χ4n) is 2.69. The van der Waals surface area contributed by atoms with Crippen LogP contribution in [0.3, 0.4) is 0 Å². The predicted octanol–water partition coefficient (Wildman–Crippen LogP) is 4.14. The summed E-state index contributed by atoms with van der Waals surface area (Å²) >= 11 is 1.88. The van der Waals surface area contributed by atoms with Crippen LogP contribution in [0.4, 0.5) is 5.13 Å². The number of hydrogen-bond donors (Lipinski definition) is 1. The van der Waals surface area contributed by atoms with Crippen molar-refractivity contribution in [3.63, 3.8) is 0 Å². The van der Waals surface area contributed by atoms with Crippen LogP contribution in [0.25, 0.3) is 0 Å². The number of nitrogens with zero attached hydrogens (tertiary/aromatic N) is 2. The summed E-state index contributed by atoms with van der Waals surface area (Å²) in [7, 11) is 0. The Morgan fingerprint density at radius 3 is 2.60 bits per heavy atom. The van der Waals surface area contributed by atoms with Crippen molar-refractivity contribution in [2.24, 2.45) is 5.41 Å². The summed E-state index contributed by atoms with van der Waals surface area (Å²) in [5.41, 5.74) is 1.70. The molecular weight excluding hydrogens is 266 g/mol. The quantitative estimate of drug-likeness (QED) is 0.885. The minimum Gasteiger partial charge on any atom is -0.348 e. The van der Waals surface area contributed by atoms with Crippen LogP contribution in [0.15, 0.2) is 0 Å². The van der Waals surface area contributed by atoms with Crippen molar-refractivity contribution >= 4 is 16.5 Å². The number of hydrogen-bond acceptors (Lipinski definition) is 4. The fraction of sp³-hybridized carbons (Fsp3) is 0.812. The van der Waals surface area contributed by atoms with E-state index in [1.165, 1.54) is 35.0 Å². The lowest BCUT2D eigenvalue weighted by Gasteiger charge is -2.36. The van der Waals surface area contributed by atoms with Crippen LogP contribution in [0.2, 0.25) is 0 Å². The van der Waals surface area contributed by atoms with Gasteiger partial charge >= 0.3 is 0 Å². The van der Waals surface area contributed by atoms with Crippen molar-refractivity contribution in [2.45, 2.75) is 59.9 Å². The number of aromatic nitrogens is 1. The van der Waals surface area contributed by atoms with Gasteiger partial charge < -0.3 is 10.2 Å². The Balaban J connectivity index is 2.04. The molecule has 1 aromatic rings. The molecule has 0 aliphatic carbocycles. The number of rotatable bonds is 5. The van der Waals surface area contributed by atoms with E-state index in [4.69, 9.17) is 4.98 Å². The number of piperidine rings is 1. The van der Waals surface area contributed by atoms with Crippen LogP contribution in [-0.4, -0.2) is 24.6 Å². The van der Waals surface area contributed by atoms with E-state index in [0.29, 0.717) is 11.5 Å². The van der Waals surface area contributed by atoms with Crippen LogP contribution < -0.4 is 10.2 Å². The van der Waals surface area contributed by atoms with Crippen LogP contribution >= 0.6 is 11.3 Å². The number of thiazole rings is 1. The van der Waals surface area contributed by atoms with E-state index in [1.807, 2.05) is 11.3 Å². The Hall–Kier alpha value is -0.610. The van der Waals surface area contributed by atoms with Gasteiger partial charge in [0.05, 0.1) is 5.69 Å². The van der Waals surface area contributed by atoms with Crippen LogP contribution in [0, 0.1) is 12.3 Å². The maximum absolute atomic E-state index is 4.82. The first kappa shape index (κ1) is 15.8.